The third-order valence-electron chi connectivity index (χ3n) is 2.33. The molecule has 0 aliphatic heterocycles. The molecule has 16 heavy (non-hydrogen) atoms. The highest BCUT2D eigenvalue weighted by Crippen LogP contribution is 2.28. The second kappa shape index (κ2) is 5.03. The number of nitrogens with one attached hydrogen (secondary N) is 2. The lowest BCUT2D eigenvalue weighted by molar-refractivity contribution is 0.149. The van der Waals surface area contributed by atoms with E-state index in [1.54, 1.807) is 18.3 Å². The highest BCUT2D eigenvalue weighted by atomic mass is 32.1. The van der Waals surface area contributed by atoms with Gasteiger partial charge in [0.15, 0.2) is 0 Å². The lowest BCUT2D eigenvalue weighted by Crippen LogP contribution is -2.36. The fourth-order valence-electron chi connectivity index (χ4n) is 1.63. The molecule has 0 saturated carbocycles. The molecule has 5 heteroatoms. The number of hydrazine groups is 1. The lowest BCUT2D eigenvalue weighted by atomic mass is 10.0. The van der Waals surface area contributed by atoms with Crippen LogP contribution in [0.2, 0.25) is 0 Å². The number of carbonyl (C=O) groups excluding carboxylic acids is 1. The van der Waals surface area contributed by atoms with Crippen LogP contribution in [0.25, 0.3) is 5.70 Å². The summed E-state index contributed by atoms with van der Waals surface area (Å²) in [6.45, 7) is 2.15. The maximum absolute atomic E-state index is 11.1. The van der Waals surface area contributed by atoms with Crippen LogP contribution in [0.5, 0.6) is 0 Å². The highest BCUT2D eigenvalue weighted by Gasteiger charge is 2.14. The SMILES string of the molecule is CCOC(=O)NNC1=CCCc2ccsc21. The monoisotopic (exact) mass is 238 g/mol. The number of rotatable bonds is 3. The molecule has 0 unspecified atom stereocenters. The molecule has 0 atom stereocenters. The van der Waals surface area contributed by atoms with Crippen LogP contribution < -0.4 is 10.9 Å². The molecule has 1 aliphatic rings. The standard InChI is InChI=1S/C11H14N2O2S/c1-2-15-11(14)13-12-9-5-3-4-8-6-7-16-10(8)9/h5-7,12H,2-4H2,1H3,(H,13,14). The Balaban J connectivity index is 1.96. The average Bonchev–Trinajstić information content (AvgIpc) is 2.75. The topological polar surface area (TPSA) is 50.4 Å². The summed E-state index contributed by atoms with van der Waals surface area (Å²) in [6, 6.07) is 2.12. The number of hydrogen-bond donors (Lipinski definition) is 2. The van der Waals surface area contributed by atoms with Gasteiger partial charge in [-0.2, -0.15) is 0 Å². The lowest BCUT2D eigenvalue weighted by Gasteiger charge is -2.15. The maximum Gasteiger partial charge on any atom is 0.425 e. The predicted molar refractivity (Wildman–Crippen MR) is 63.9 cm³/mol. The van der Waals surface area contributed by atoms with Crippen molar-refractivity contribution in [2.24, 2.45) is 0 Å². The van der Waals surface area contributed by atoms with E-state index >= 15 is 0 Å². The summed E-state index contributed by atoms with van der Waals surface area (Å²) in [7, 11) is 0. The van der Waals surface area contributed by atoms with Crippen molar-refractivity contribution in [3.8, 4) is 0 Å². The van der Waals surface area contributed by atoms with E-state index < -0.39 is 6.09 Å². The van der Waals surface area contributed by atoms with Gasteiger partial charge in [0.25, 0.3) is 0 Å². The van der Waals surface area contributed by atoms with Crippen molar-refractivity contribution in [3.63, 3.8) is 0 Å². The van der Waals surface area contributed by atoms with Crippen LogP contribution in [-0.2, 0) is 11.2 Å². The van der Waals surface area contributed by atoms with E-state index in [9.17, 15) is 4.79 Å². The zero-order valence-corrected chi connectivity index (χ0v) is 9.89. The molecule has 0 radical (unpaired) electrons. The van der Waals surface area contributed by atoms with Gasteiger partial charge in [-0.3, -0.25) is 5.43 Å². The minimum Gasteiger partial charge on any atom is -0.449 e. The van der Waals surface area contributed by atoms with Crippen LogP contribution in [0.4, 0.5) is 4.79 Å². The molecule has 4 nitrogen and oxygen atoms in total. The Morgan fingerprint density at radius 3 is 3.31 bits per heavy atom. The van der Waals surface area contributed by atoms with E-state index in [2.05, 4.69) is 28.4 Å². The number of hydrogen-bond acceptors (Lipinski definition) is 4. The minimum atomic E-state index is -0.452. The molecule has 86 valence electrons. The van der Waals surface area contributed by atoms with Gasteiger partial charge in [0.1, 0.15) is 0 Å². The normalized spacial score (nSPS) is 13.7. The smallest absolute Gasteiger partial charge is 0.425 e. The zero-order chi connectivity index (χ0) is 11.4. The summed E-state index contributed by atoms with van der Waals surface area (Å²) in [6.07, 6.45) is 3.71. The molecule has 2 rings (SSSR count). The number of fused-ring (bicyclic) bond motifs is 1. The van der Waals surface area contributed by atoms with Crippen molar-refractivity contribution in [2.45, 2.75) is 19.8 Å². The summed E-state index contributed by atoms with van der Waals surface area (Å²) in [5.74, 6) is 0. The van der Waals surface area contributed by atoms with E-state index in [1.807, 2.05) is 0 Å². The quantitative estimate of drug-likeness (QED) is 0.794. The molecule has 1 aromatic heterocycles. The number of ether oxygens (including phenoxy) is 1. The number of allylic oxidation sites excluding steroid dienone is 1. The third-order valence-corrected chi connectivity index (χ3v) is 3.32. The zero-order valence-electron chi connectivity index (χ0n) is 9.08. The molecule has 0 bridgehead atoms. The van der Waals surface area contributed by atoms with Crippen LogP contribution in [0.3, 0.4) is 0 Å². The molecule has 1 heterocycles. The van der Waals surface area contributed by atoms with Gasteiger partial charge in [0, 0.05) is 0 Å². The van der Waals surface area contributed by atoms with Crippen LogP contribution >= 0.6 is 11.3 Å². The maximum atomic E-state index is 11.1. The van der Waals surface area contributed by atoms with Gasteiger partial charge in [-0.05, 0) is 36.8 Å². The number of aryl methyl sites for hydroxylation is 1. The Morgan fingerprint density at radius 1 is 1.62 bits per heavy atom. The first-order valence-corrected chi connectivity index (χ1v) is 6.15. The second-order valence-electron chi connectivity index (χ2n) is 3.40. The van der Waals surface area contributed by atoms with Crippen LogP contribution in [0.15, 0.2) is 17.5 Å². The number of thiophene rings is 1. The van der Waals surface area contributed by atoms with E-state index in [4.69, 9.17) is 4.74 Å². The molecule has 1 amide bonds. The van der Waals surface area contributed by atoms with Crippen molar-refractivity contribution >= 4 is 23.1 Å². The second-order valence-corrected chi connectivity index (χ2v) is 4.32. The Kier molecular flexibility index (Phi) is 3.46. The largest absolute Gasteiger partial charge is 0.449 e. The van der Waals surface area contributed by atoms with E-state index in [0.29, 0.717) is 6.61 Å². The van der Waals surface area contributed by atoms with Crippen LogP contribution in [0.1, 0.15) is 23.8 Å². The van der Waals surface area contributed by atoms with Crippen molar-refractivity contribution in [1.29, 1.82) is 0 Å². The molecule has 2 N–H and O–H groups in total. The summed E-state index contributed by atoms with van der Waals surface area (Å²) in [4.78, 5) is 12.3. The van der Waals surface area contributed by atoms with Gasteiger partial charge in [0.2, 0.25) is 0 Å². The first-order valence-electron chi connectivity index (χ1n) is 5.27. The fourth-order valence-corrected chi connectivity index (χ4v) is 2.58. The van der Waals surface area contributed by atoms with Gasteiger partial charge in [-0.1, -0.05) is 6.08 Å². The summed E-state index contributed by atoms with van der Waals surface area (Å²) in [5, 5.41) is 2.07. The van der Waals surface area contributed by atoms with Gasteiger partial charge in [-0.25, -0.2) is 10.2 Å². The van der Waals surface area contributed by atoms with Gasteiger partial charge >= 0.3 is 6.09 Å². The first-order chi connectivity index (χ1) is 7.81. The molecule has 0 aromatic carbocycles. The van der Waals surface area contributed by atoms with Crippen LogP contribution in [-0.4, -0.2) is 12.7 Å². The summed E-state index contributed by atoms with van der Waals surface area (Å²) in [5.41, 5.74) is 7.70. The van der Waals surface area contributed by atoms with E-state index in [0.717, 1.165) is 18.5 Å². The molecular weight excluding hydrogens is 224 g/mol. The predicted octanol–water partition coefficient (Wildman–Crippen LogP) is 2.29. The Hall–Kier alpha value is -1.49. The van der Waals surface area contributed by atoms with Gasteiger partial charge in [0.05, 0.1) is 17.2 Å². The number of carbonyl (C=O) groups is 1. The average molecular weight is 238 g/mol. The summed E-state index contributed by atoms with van der Waals surface area (Å²) >= 11 is 1.68. The fraction of sp³-hybridized carbons (Fsp3) is 0.364. The molecular formula is C11H14N2O2S. The molecule has 0 saturated heterocycles. The Bertz CT molecular complexity index is 412. The minimum absolute atomic E-state index is 0.372. The van der Waals surface area contributed by atoms with E-state index in [1.165, 1.54) is 10.4 Å². The summed E-state index contributed by atoms with van der Waals surface area (Å²) < 4.78 is 4.77. The Labute approximate surface area is 98.3 Å². The number of amides is 1. The van der Waals surface area contributed by atoms with Crippen molar-refractivity contribution in [1.82, 2.24) is 10.9 Å². The van der Waals surface area contributed by atoms with Crippen molar-refractivity contribution in [3.05, 3.63) is 28.0 Å². The van der Waals surface area contributed by atoms with Gasteiger partial charge in [-0.15, -0.1) is 11.3 Å². The third kappa shape index (κ3) is 2.36. The molecule has 0 spiro atoms. The van der Waals surface area contributed by atoms with Crippen molar-refractivity contribution in [2.75, 3.05) is 6.61 Å². The molecule has 0 fully saturated rings. The van der Waals surface area contributed by atoms with Gasteiger partial charge < -0.3 is 4.74 Å². The van der Waals surface area contributed by atoms with Crippen molar-refractivity contribution < 1.29 is 9.53 Å². The molecule has 1 aliphatic carbocycles. The van der Waals surface area contributed by atoms with E-state index in [-0.39, 0.29) is 0 Å². The van der Waals surface area contributed by atoms with Crippen LogP contribution in [0, 0.1) is 0 Å². The highest BCUT2D eigenvalue weighted by molar-refractivity contribution is 7.11. The first kappa shape index (κ1) is 11.0. The molecule has 1 aromatic rings. The Morgan fingerprint density at radius 2 is 2.50 bits per heavy atom.